The number of halogens is 6. The lowest BCUT2D eigenvalue weighted by molar-refractivity contribution is -0.143. The number of alkyl halides is 6. The van der Waals surface area contributed by atoms with Crippen molar-refractivity contribution in [2.24, 2.45) is 5.92 Å². The molecular formula is C22H21F6N3. The van der Waals surface area contributed by atoms with Gasteiger partial charge in [-0.3, -0.25) is 0 Å². The molecular weight excluding hydrogens is 420 g/mol. The van der Waals surface area contributed by atoms with E-state index < -0.39 is 23.5 Å². The van der Waals surface area contributed by atoms with E-state index in [2.05, 4.69) is 15.5 Å². The SMILES string of the molecule is FC(F)(F)c1cc(Nc2cc3c4c(c2)[C@@H]2CNCC2CN4CCC3)cc(C(F)(F)F)c1. The van der Waals surface area contributed by atoms with Crippen LogP contribution in [0.25, 0.3) is 0 Å². The van der Waals surface area contributed by atoms with E-state index in [0.717, 1.165) is 62.3 Å². The van der Waals surface area contributed by atoms with E-state index in [1.54, 1.807) is 0 Å². The third kappa shape index (κ3) is 3.73. The molecule has 5 rings (SSSR count). The van der Waals surface area contributed by atoms with E-state index in [1.807, 2.05) is 12.1 Å². The maximum atomic E-state index is 13.2. The highest BCUT2D eigenvalue weighted by atomic mass is 19.4. The molecule has 0 amide bonds. The van der Waals surface area contributed by atoms with E-state index in [0.29, 0.717) is 17.5 Å². The van der Waals surface area contributed by atoms with Crippen LogP contribution in [0.4, 0.5) is 43.4 Å². The normalized spacial score (nSPS) is 22.8. The first kappa shape index (κ1) is 20.5. The van der Waals surface area contributed by atoms with E-state index in [-0.39, 0.29) is 11.8 Å². The van der Waals surface area contributed by atoms with Crippen LogP contribution in [0.2, 0.25) is 0 Å². The molecule has 1 fully saturated rings. The summed E-state index contributed by atoms with van der Waals surface area (Å²) in [6.07, 6.45) is -7.93. The van der Waals surface area contributed by atoms with Crippen molar-refractivity contribution in [1.82, 2.24) is 5.32 Å². The fourth-order valence-electron chi connectivity index (χ4n) is 5.17. The Morgan fingerprint density at radius 1 is 0.871 bits per heavy atom. The summed E-state index contributed by atoms with van der Waals surface area (Å²) < 4.78 is 79.3. The quantitative estimate of drug-likeness (QED) is 0.600. The molecule has 9 heteroatoms. The van der Waals surface area contributed by atoms with Gasteiger partial charge in [-0.15, -0.1) is 0 Å². The average Bonchev–Trinajstić information content (AvgIpc) is 3.15. The first-order valence-electron chi connectivity index (χ1n) is 10.3. The van der Waals surface area contributed by atoms with E-state index in [1.165, 1.54) is 5.69 Å². The van der Waals surface area contributed by atoms with E-state index >= 15 is 0 Å². The first-order chi connectivity index (χ1) is 14.6. The number of hydrogen-bond acceptors (Lipinski definition) is 3. The largest absolute Gasteiger partial charge is 0.416 e. The highest BCUT2D eigenvalue weighted by molar-refractivity contribution is 5.73. The highest BCUT2D eigenvalue weighted by Gasteiger charge is 2.39. The van der Waals surface area contributed by atoms with Gasteiger partial charge in [0, 0.05) is 49.2 Å². The molecule has 0 aliphatic carbocycles. The molecule has 166 valence electrons. The van der Waals surface area contributed by atoms with Gasteiger partial charge in [0.1, 0.15) is 0 Å². The van der Waals surface area contributed by atoms with Gasteiger partial charge in [0.05, 0.1) is 11.1 Å². The molecule has 2 aromatic rings. The summed E-state index contributed by atoms with van der Waals surface area (Å²) in [7, 11) is 0. The summed E-state index contributed by atoms with van der Waals surface area (Å²) in [6, 6.07) is 5.36. The fraction of sp³-hybridized carbons (Fsp3) is 0.455. The van der Waals surface area contributed by atoms with Gasteiger partial charge in [-0.2, -0.15) is 26.3 Å². The fourth-order valence-corrected chi connectivity index (χ4v) is 5.17. The van der Waals surface area contributed by atoms with Crippen molar-refractivity contribution in [3.8, 4) is 0 Å². The molecule has 1 unspecified atom stereocenters. The van der Waals surface area contributed by atoms with Crippen LogP contribution >= 0.6 is 0 Å². The van der Waals surface area contributed by atoms with Gasteiger partial charge >= 0.3 is 12.4 Å². The lowest BCUT2D eigenvalue weighted by atomic mass is 9.80. The zero-order valence-electron chi connectivity index (χ0n) is 16.5. The smallest absolute Gasteiger partial charge is 0.371 e. The predicted octanol–water partition coefficient (Wildman–Crippen LogP) is 5.54. The first-order valence-corrected chi connectivity index (χ1v) is 10.3. The van der Waals surface area contributed by atoms with Crippen LogP contribution in [-0.2, 0) is 18.8 Å². The van der Waals surface area contributed by atoms with Crippen LogP contribution in [0.15, 0.2) is 30.3 Å². The van der Waals surface area contributed by atoms with Gasteiger partial charge in [-0.05, 0) is 60.2 Å². The van der Waals surface area contributed by atoms with Crippen molar-refractivity contribution in [2.75, 3.05) is 36.4 Å². The monoisotopic (exact) mass is 441 g/mol. The van der Waals surface area contributed by atoms with Crippen molar-refractivity contribution in [3.63, 3.8) is 0 Å². The number of nitrogens with zero attached hydrogens (tertiary/aromatic N) is 1. The minimum Gasteiger partial charge on any atom is -0.371 e. The summed E-state index contributed by atoms with van der Waals surface area (Å²) in [4.78, 5) is 2.37. The van der Waals surface area contributed by atoms with Crippen LogP contribution < -0.4 is 15.5 Å². The lowest BCUT2D eigenvalue weighted by Crippen LogP contribution is -2.41. The van der Waals surface area contributed by atoms with Gasteiger partial charge in [-0.1, -0.05) is 0 Å². The Morgan fingerprint density at radius 2 is 1.55 bits per heavy atom. The lowest BCUT2D eigenvalue weighted by Gasteiger charge is -2.42. The second kappa shape index (κ2) is 7.05. The molecule has 3 nitrogen and oxygen atoms in total. The topological polar surface area (TPSA) is 27.3 Å². The summed E-state index contributed by atoms with van der Waals surface area (Å²) in [5, 5.41) is 6.24. The summed E-state index contributed by atoms with van der Waals surface area (Å²) in [5.41, 5.74) is 1.07. The third-order valence-corrected chi connectivity index (χ3v) is 6.48. The predicted molar refractivity (Wildman–Crippen MR) is 106 cm³/mol. The van der Waals surface area contributed by atoms with Crippen molar-refractivity contribution in [2.45, 2.75) is 31.1 Å². The number of aryl methyl sites for hydroxylation is 1. The molecule has 3 aliphatic rings. The van der Waals surface area contributed by atoms with E-state index in [4.69, 9.17) is 0 Å². The summed E-state index contributed by atoms with van der Waals surface area (Å²) in [6.45, 7) is 3.69. The number of rotatable bonds is 2. The average molecular weight is 441 g/mol. The number of hydrogen-bond donors (Lipinski definition) is 2. The minimum absolute atomic E-state index is 0.147. The van der Waals surface area contributed by atoms with Crippen molar-refractivity contribution < 1.29 is 26.3 Å². The molecule has 0 saturated carbocycles. The molecule has 3 aliphatic heterocycles. The molecule has 3 heterocycles. The second-order valence-corrected chi connectivity index (χ2v) is 8.57. The molecule has 31 heavy (non-hydrogen) atoms. The zero-order valence-corrected chi connectivity index (χ0v) is 16.5. The maximum Gasteiger partial charge on any atom is 0.416 e. The van der Waals surface area contributed by atoms with Gasteiger partial charge < -0.3 is 15.5 Å². The van der Waals surface area contributed by atoms with Crippen LogP contribution in [0.3, 0.4) is 0 Å². The van der Waals surface area contributed by atoms with Crippen LogP contribution in [0, 0.1) is 5.92 Å². The Morgan fingerprint density at radius 3 is 2.23 bits per heavy atom. The molecule has 0 spiro atoms. The molecule has 2 atom stereocenters. The van der Waals surface area contributed by atoms with Gasteiger partial charge in [0.2, 0.25) is 0 Å². The van der Waals surface area contributed by atoms with Crippen LogP contribution in [0.1, 0.15) is 34.6 Å². The standard InChI is InChI=1S/C22H21F6N3/c23-21(24,25)14-5-15(22(26,27)28)7-17(6-14)30-16-4-12-2-1-3-31-11-13-9-29-10-19(13)18(8-16)20(12)31/h4-8,13,19,29-30H,1-3,9-11H2/t13?,19-/m1/s1. The van der Waals surface area contributed by atoms with Crippen molar-refractivity contribution >= 4 is 17.1 Å². The zero-order chi connectivity index (χ0) is 22.0. The highest BCUT2D eigenvalue weighted by Crippen LogP contribution is 2.46. The number of anilines is 3. The number of nitrogens with one attached hydrogen (secondary N) is 2. The van der Waals surface area contributed by atoms with Crippen molar-refractivity contribution in [3.05, 3.63) is 52.6 Å². The second-order valence-electron chi connectivity index (χ2n) is 8.57. The van der Waals surface area contributed by atoms with Crippen LogP contribution in [-0.4, -0.2) is 26.2 Å². The molecule has 0 radical (unpaired) electrons. The van der Waals surface area contributed by atoms with Gasteiger partial charge in [0.15, 0.2) is 0 Å². The van der Waals surface area contributed by atoms with Gasteiger partial charge in [-0.25, -0.2) is 0 Å². The Hall–Kier alpha value is -2.42. The van der Waals surface area contributed by atoms with Crippen LogP contribution in [0.5, 0.6) is 0 Å². The number of benzene rings is 2. The Balaban J connectivity index is 1.56. The molecule has 1 saturated heterocycles. The minimum atomic E-state index is -4.87. The van der Waals surface area contributed by atoms with E-state index in [9.17, 15) is 26.3 Å². The molecule has 2 N–H and O–H groups in total. The number of fused-ring (bicyclic) bond motifs is 2. The Labute approximate surface area is 175 Å². The van der Waals surface area contributed by atoms with Crippen molar-refractivity contribution in [1.29, 1.82) is 0 Å². The van der Waals surface area contributed by atoms with Gasteiger partial charge in [0.25, 0.3) is 0 Å². The summed E-state index contributed by atoms with van der Waals surface area (Å²) >= 11 is 0. The Kier molecular flexibility index (Phi) is 4.66. The summed E-state index contributed by atoms with van der Waals surface area (Å²) in [5.74, 6) is 0.760. The molecule has 2 aromatic carbocycles. The maximum absolute atomic E-state index is 13.2. The molecule has 0 bridgehead atoms. The molecule has 0 aromatic heterocycles. The Bertz CT molecular complexity index is 981. The third-order valence-electron chi connectivity index (χ3n) is 6.48.